The second-order valence-corrected chi connectivity index (χ2v) is 7.39. The fourth-order valence-corrected chi connectivity index (χ4v) is 3.44. The maximum absolute atomic E-state index is 12.9. The van der Waals surface area contributed by atoms with Crippen LogP contribution in [0.1, 0.15) is 29.7 Å². The van der Waals surface area contributed by atoms with Crippen LogP contribution in [0.15, 0.2) is 43.0 Å². The molecule has 0 bridgehead atoms. The first-order valence-electron chi connectivity index (χ1n) is 9.50. The van der Waals surface area contributed by atoms with E-state index in [4.69, 9.17) is 0 Å². The third-order valence-electron chi connectivity index (χ3n) is 5.05. The van der Waals surface area contributed by atoms with Crippen molar-refractivity contribution in [1.82, 2.24) is 24.8 Å². The number of anilines is 2. The fourth-order valence-electron chi connectivity index (χ4n) is 3.44. The van der Waals surface area contributed by atoms with Gasteiger partial charge in [0.2, 0.25) is 0 Å². The number of rotatable bonds is 4. The fraction of sp³-hybridized carbons (Fsp3) is 0.350. The summed E-state index contributed by atoms with van der Waals surface area (Å²) in [7, 11) is 0. The first-order chi connectivity index (χ1) is 14.2. The van der Waals surface area contributed by atoms with Crippen LogP contribution in [0.3, 0.4) is 0 Å². The highest BCUT2D eigenvalue weighted by atomic mass is 19.4. The Labute approximate surface area is 171 Å². The summed E-state index contributed by atoms with van der Waals surface area (Å²) in [5.41, 5.74) is -0.349. The number of aromatic nitrogens is 4. The molecule has 0 radical (unpaired) electrons. The van der Waals surface area contributed by atoms with E-state index in [9.17, 15) is 18.3 Å². The molecule has 30 heavy (non-hydrogen) atoms. The summed E-state index contributed by atoms with van der Waals surface area (Å²) < 4.78 is 40.5. The highest BCUT2D eigenvalue weighted by Gasteiger charge is 2.33. The van der Waals surface area contributed by atoms with E-state index >= 15 is 0 Å². The van der Waals surface area contributed by atoms with Crippen LogP contribution >= 0.6 is 0 Å². The van der Waals surface area contributed by atoms with Crippen LogP contribution in [0.5, 0.6) is 0 Å². The molecular formula is C20H21F3N6O. The molecule has 0 atom stereocenters. The molecule has 0 spiro atoms. The summed E-state index contributed by atoms with van der Waals surface area (Å²) in [4.78, 5) is 12.8. The van der Waals surface area contributed by atoms with E-state index < -0.39 is 17.3 Å². The molecule has 1 saturated heterocycles. The zero-order chi connectivity index (χ0) is 21.4. The van der Waals surface area contributed by atoms with Gasteiger partial charge in [-0.2, -0.15) is 13.2 Å². The normalized spacial score (nSPS) is 16.4. The SMILES string of the molecule is Cc1cc(Nc2cc(C(F)(F)F)ccn2)nc(-n2cnc(C3(O)CCNCC3)c2)c1. The lowest BCUT2D eigenvalue weighted by atomic mass is 9.90. The quantitative estimate of drug-likeness (QED) is 0.603. The van der Waals surface area contributed by atoms with E-state index in [0.717, 1.165) is 23.9 Å². The number of pyridine rings is 2. The van der Waals surface area contributed by atoms with E-state index in [1.54, 1.807) is 23.2 Å². The second-order valence-electron chi connectivity index (χ2n) is 7.39. The van der Waals surface area contributed by atoms with Gasteiger partial charge in [0, 0.05) is 12.4 Å². The van der Waals surface area contributed by atoms with Gasteiger partial charge in [-0.1, -0.05) is 0 Å². The Kier molecular flexibility index (Phi) is 5.20. The Morgan fingerprint density at radius 2 is 1.90 bits per heavy atom. The largest absolute Gasteiger partial charge is 0.416 e. The van der Waals surface area contributed by atoms with Crippen molar-refractivity contribution in [3.63, 3.8) is 0 Å². The van der Waals surface area contributed by atoms with Crippen LogP contribution < -0.4 is 10.6 Å². The van der Waals surface area contributed by atoms with Gasteiger partial charge >= 0.3 is 6.18 Å². The van der Waals surface area contributed by atoms with Crippen molar-refractivity contribution in [2.45, 2.75) is 31.5 Å². The molecule has 0 aliphatic carbocycles. The minimum absolute atomic E-state index is 0.0456. The van der Waals surface area contributed by atoms with Crippen molar-refractivity contribution in [3.05, 3.63) is 59.8 Å². The van der Waals surface area contributed by atoms with E-state index in [1.807, 2.05) is 13.0 Å². The number of halogens is 3. The molecule has 3 aromatic heterocycles. The molecular weight excluding hydrogens is 397 g/mol. The van der Waals surface area contributed by atoms with Crippen molar-refractivity contribution in [3.8, 4) is 5.82 Å². The second kappa shape index (κ2) is 7.69. The Morgan fingerprint density at radius 1 is 1.13 bits per heavy atom. The van der Waals surface area contributed by atoms with Crippen molar-refractivity contribution in [2.24, 2.45) is 0 Å². The van der Waals surface area contributed by atoms with Gasteiger partial charge in [0.25, 0.3) is 0 Å². The van der Waals surface area contributed by atoms with Gasteiger partial charge in [-0.05, 0) is 62.7 Å². The molecule has 0 amide bonds. The number of imidazole rings is 1. The van der Waals surface area contributed by atoms with Crippen LogP contribution in [0.4, 0.5) is 24.8 Å². The lowest BCUT2D eigenvalue weighted by Gasteiger charge is -2.30. The Balaban J connectivity index is 1.60. The number of alkyl halides is 3. The number of nitrogens with zero attached hydrogens (tertiary/aromatic N) is 4. The topological polar surface area (TPSA) is 87.9 Å². The van der Waals surface area contributed by atoms with Gasteiger partial charge < -0.3 is 15.7 Å². The highest BCUT2D eigenvalue weighted by molar-refractivity contribution is 5.55. The molecule has 4 heterocycles. The van der Waals surface area contributed by atoms with Crippen LogP contribution in [-0.2, 0) is 11.8 Å². The molecule has 4 rings (SSSR count). The molecule has 10 heteroatoms. The van der Waals surface area contributed by atoms with E-state index in [0.29, 0.717) is 43.3 Å². The summed E-state index contributed by atoms with van der Waals surface area (Å²) in [6.45, 7) is 3.28. The van der Waals surface area contributed by atoms with Gasteiger partial charge in [-0.15, -0.1) is 0 Å². The molecule has 1 aliphatic rings. The highest BCUT2D eigenvalue weighted by Crippen LogP contribution is 2.31. The monoisotopic (exact) mass is 418 g/mol. The maximum atomic E-state index is 12.9. The smallest absolute Gasteiger partial charge is 0.383 e. The molecule has 1 aliphatic heterocycles. The van der Waals surface area contributed by atoms with Crippen LogP contribution in [-0.4, -0.2) is 37.7 Å². The summed E-state index contributed by atoms with van der Waals surface area (Å²) in [5.74, 6) is 0.928. The van der Waals surface area contributed by atoms with Gasteiger partial charge in [-0.25, -0.2) is 15.0 Å². The number of hydrogen-bond acceptors (Lipinski definition) is 6. The van der Waals surface area contributed by atoms with Gasteiger partial charge in [0.05, 0.1) is 11.3 Å². The number of aliphatic hydroxyl groups is 1. The minimum atomic E-state index is -4.45. The molecule has 1 fully saturated rings. The predicted molar refractivity (Wildman–Crippen MR) is 105 cm³/mol. The third-order valence-corrected chi connectivity index (χ3v) is 5.05. The zero-order valence-electron chi connectivity index (χ0n) is 16.2. The zero-order valence-corrected chi connectivity index (χ0v) is 16.2. The lowest BCUT2D eigenvalue weighted by molar-refractivity contribution is -0.137. The lowest BCUT2D eigenvalue weighted by Crippen LogP contribution is -2.39. The van der Waals surface area contributed by atoms with Crippen LogP contribution in [0.25, 0.3) is 5.82 Å². The molecule has 3 N–H and O–H groups in total. The number of nitrogens with one attached hydrogen (secondary N) is 2. The summed E-state index contributed by atoms with van der Waals surface area (Å²) in [6, 6.07) is 5.39. The summed E-state index contributed by atoms with van der Waals surface area (Å²) in [6.07, 6.45) is 1.10. The molecule has 0 saturated carbocycles. The summed E-state index contributed by atoms with van der Waals surface area (Å²) in [5, 5.41) is 16.9. The van der Waals surface area contributed by atoms with E-state index in [2.05, 4.69) is 25.6 Å². The molecule has 0 unspecified atom stereocenters. The Bertz CT molecular complexity index is 1040. The van der Waals surface area contributed by atoms with Crippen LogP contribution in [0.2, 0.25) is 0 Å². The van der Waals surface area contributed by atoms with E-state index in [1.165, 1.54) is 0 Å². The minimum Gasteiger partial charge on any atom is -0.383 e. The van der Waals surface area contributed by atoms with Gasteiger partial charge in [-0.3, -0.25) is 4.57 Å². The molecule has 7 nitrogen and oxygen atoms in total. The Hall–Kier alpha value is -2.98. The number of hydrogen-bond donors (Lipinski definition) is 3. The Morgan fingerprint density at radius 3 is 2.63 bits per heavy atom. The number of piperidine rings is 1. The maximum Gasteiger partial charge on any atom is 0.416 e. The average Bonchev–Trinajstić information content (AvgIpc) is 3.19. The summed E-state index contributed by atoms with van der Waals surface area (Å²) >= 11 is 0. The first kappa shape index (κ1) is 20.3. The van der Waals surface area contributed by atoms with Crippen LogP contribution in [0, 0.1) is 6.92 Å². The van der Waals surface area contributed by atoms with Crippen molar-refractivity contribution >= 4 is 11.6 Å². The number of aryl methyl sites for hydroxylation is 1. The van der Waals surface area contributed by atoms with Crippen molar-refractivity contribution in [2.75, 3.05) is 18.4 Å². The average molecular weight is 418 g/mol. The van der Waals surface area contributed by atoms with E-state index in [-0.39, 0.29) is 5.82 Å². The van der Waals surface area contributed by atoms with Gasteiger partial charge in [0.15, 0.2) is 0 Å². The standard InChI is InChI=1S/C20H21F3N6O/c1-13-8-17(27-16-10-14(2-5-25-16)20(21,22)23)28-18(9-13)29-11-15(26-12-29)19(30)3-6-24-7-4-19/h2,5,8-12,24,30H,3-4,6-7H2,1H3,(H,25,27,28). The molecule has 0 aromatic carbocycles. The third kappa shape index (κ3) is 4.29. The first-order valence-corrected chi connectivity index (χ1v) is 9.50. The predicted octanol–water partition coefficient (Wildman–Crippen LogP) is 3.30. The van der Waals surface area contributed by atoms with Gasteiger partial charge in [0.1, 0.15) is 29.4 Å². The van der Waals surface area contributed by atoms with Crippen molar-refractivity contribution in [1.29, 1.82) is 0 Å². The van der Waals surface area contributed by atoms with Crippen molar-refractivity contribution < 1.29 is 18.3 Å². The molecule has 3 aromatic rings. The molecule has 158 valence electrons.